The number of anilines is 2. The molecule has 142 valence electrons. The molecule has 0 saturated heterocycles. The van der Waals surface area contributed by atoms with Crippen molar-refractivity contribution in [3.8, 4) is 5.69 Å². The fourth-order valence-corrected chi connectivity index (χ4v) is 2.81. The molecule has 0 saturated carbocycles. The van der Waals surface area contributed by atoms with E-state index in [9.17, 15) is 14.4 Å². The van der Waals surface area contributed by atoms with Gasteiger partial charge in [-0.2, -0.15) is 5.10 Å². The van der Waals surface area contributed by atoms with Gasteiger partial charge in [-0.05, 0) is 43.7 Å². The number of hydrogen-bond acceptors (Lipinski definition) is 4. The number of aromatic nitrogens is 2. The molecule has 0 radical (unpaired) electrons. The summed E-state index contributed by atoms with van der Waals surface area (Å²) in [4.78, 5) is 36.4. The molecule has 0 atom stereocenters. The standard InChI is InChI=1S/C21H20N4O3/c1-13-12-19(27)20(24-25(13)16-8-5-4-6-9-16)21(28)23-18-11-7-10-17(14(18)2)22-15(3)26/h4-12H,1-3H3,(H,22,26)(H,23,28). The summed E-state index contributed by atoms with van der Waals surface area (Å²) in [5, 5.41) is 9.68. The molecular weight excluding hydrogens is 356 g/mol. The van der Waals surface area contributed by atoms with E-state index in [0.717, 1.165) is 5.69 Å². The third kappa shape index (κ3) is 3.98. The number of carbonyl (C=O) groups excluding carboxylic acids is 2. The second kappa shape index (κ2) is 7.87. The molecule has 28 heavy (non-hydrogen) atoms. The maximum atomic E-state index is 12.7. The van der Waals surface area contributed by atoms with Crippen molar-refractivity contribution in [3.63, 3.8) is 0 Å². The maximum Gasteiger partial charge on any atom is 0.280 e. The molecular formula is C21H20N4O3. The SMILES string of the molecule is CC(=O)Nc1cccc(NC(=O)c2nn(-c3ccccc3)c(C)cc2=O)c1C. The Morgan fingerprint density at radius 3 is 2.21 bits per heavy atom. The number of aryl methyl sites for hydroxylation is 1. The van der Waals surface area contributed by atoms with Crippen LogP contribution in [0.1, 0.15) is 28.7 Å². The summed E-state index contributed by atoms with van der Waals surface area (Å²) < 4.78 is 1.55. The number of nitrogens with one attached hydrogen (secondary N) is 2. The number of para-hydroxylation sites is 1. The largest absolute Gasteiger partial charge is 0.326 e. The molecule has 2 aromatic carbocycles. The van der Waals surface area contributed by atoms with Crippen molar-refractivity contribution in [2.24, 2.45) is 0 Å². The predicted octanol–water partition coefficient (Wildman–Crippen LogP) is 3.06. The third-order valence-corrected chi connectivity index (χ3v) is 4.22. The van der Waals surface area contributed by atoms with Gasteiger partial charge in [0.2, 0.25) is 11.3 Å². The number of amides is 2. The van der Waals surface area contributed by atoms with Crippen LogP contribution in [-0.2, 0) is 4.79 Å². The minimum absolute atomic E-state index is 0.209. The Bertz CT molecular complexity index is 1100. The van der Waals surface area contributed by atoms with Crippen LogP contribution in [0.3, 0.4) is 0 Å². The zero-order chi connectivity index (χ0) is 20.3. The lowest BCUT2D eigenvalue weighted by Gasteiger charge is -2.14. The second-order valence-electron chi connectivity index (χ2n) is 6.36. The van der Waals surface area contributed by atoms with Gasteiger partial charge in [0.05, 0.1) is 5.69 Å². The molecule has 3 rings (SSSR count). The molecule has 0 aliphatic heterocycles. The summed E-state index contributed by atoms with van der Waals surface area (Å²) >= 11 is 0. The summed E-state index contributed by atoms with van der Waals surface area (Å²) in [6, 6.07) is 15.8. The van der Waals surface area contributed by atoms with Crippen molar-refractivity contribution in [1.82, 2.24) is 9.78 Å². The fourth-order valence-electron chi connectivity index (χ4n) is 2.81. The lowest BCUT2D eigenvalue weighted by molar-refractivity contribution is -0.114. The van der Waals surface area contributed by atoms with E-state index in [4.69, 9.17) is 0 Å². The Morgan fingerprint density at radius 2 is 1.57 bits per heavy atom. The molecule has 3 aromatic rings. The van der Waals surface area contributed by atoms with E-state index in [2.05, 4.69) is 15.7 Å². The van der Waals surface area contributed by atoms with Crippen molar-refractivity contribution in [1.29, 1.82) is 0 Å². The Hall–Kier alpha value is -3.74. The molecule has 0 spiro atoms. The Morgan fingerprint density at radius 1 is 0.929 bits per heavy atom. The predicted molar refractivity (Wildman–Crippen MR) is 108 cm³/mol. The van der Waals surface area contributed by atoms with Crippen molar-refractivity contribution >= 4 is 23.2 Å². The molecule has 0 fully saturated rings. The highest BCUT2D eigenvalue weighted by Crippen LogP contribution is 2.23. The monoisotopic (exact) mass is 376 g/mol. The van der Waals surface area contributed by atoms with Gasteiger partial charge < -0.3 is 10.6 Å². The van der Waals surface area contributed by atoms with Crippen molar-refractivity contribution in [2.45, 2.75) is 20.8 Å². The minimum Gasteiger partial charge on any atom is -0.326 e. The number of carbonyl (C=O) groups is 2. The maximum absolute atomic E-state index is 12.7. The lowest BCUT2D eigenvalue weighted by Crippen LogP contribution is -2.27. The van der Waals surface area contributed by atoms with Gasteiger partial charge in [0.25, 0.3) is 5.91 Å². The van der Waals surface area contributed by atoms with Crippen LogP contribution in [0.2, 0.25) is 0 Å². The zero-order valence-electron chi connectivity index (χ0n) is 15.8. The van der Waals surface area contributed by atoms with Crippen LogP contribution in [0.5, 0.6) is 0 Å². The van der Waals surface area contributed by atoms with E-state index in [0.29, 0.717) is 22.6 Å². The highest BCUT2D eigenvalue weighted by Gasteiger charge is 2.17. The van der Waals surface area contributed by atoms with Crippen molar-refractivity contribution < 1.29 is 9.59 Å². The first-order chi connectivity index (χ1) is 13.4. The van der Waals surface area contributed by atoms with E-state index in [1.165, 1.54) is 13.0 Å². The molecule has 0 aliphatic carbocycles. The van der Waals surface area contributed by atoms with Gasteiger partial charge in [0, 0.05) is 30.1 Å². The van der Waals surface area contributed by atoms with Crippen LogP contribution in [0.15, 0.2) is 59.4 Å². The van der Waals surface area contributed by atoms with E-state index in [1.54, 1.807) is 36.7 Å². The Labute approximate surface area is 162 Å². The fraction of sp³-hybridized carbons (Fsp3) is 0.143. The van der Waals surface area contributed by atoms with Crippen LogP contribution >= 0.6 is 0 Å². The summed E-state index contributed by atoms with van der Waals surface area (Å²) in [5.41, 5.74) is 2.46. The van der Waals surface area contributed by atoms with Crippen LogP contribution in [0.4, 0.5) is 11.4 Å². The van der Waals surface area contributed by atoms with Crippen molar-refractivity contribution in [2.75, 3.05) is 10.6 Å². The van der Waals surface area contributed by atoms with Gasteiger partial charge in [0.1, 0.15) is 0 Å². The van der Waals surface area contributed by atoms with Gasteiger partial charge in [0.15, 0.2) is 5.69 Å². The molecule has 0 aliphatic rings. The first-order valence-corrected chi connectivity index (χ1v) is 8.72. The molecule has 2 amide bonds. The number of rotatable bonds is 4. The van der Waals surface area contributed by atoms with Crippen molar-refractivity contribution in [3.05, 3.63) is 81.8 Å². The topological polar surface area (TPSA) is 93.1 Å². The summed E-state index contributed by atoms with van der Waals surface area (Å²) in [7, 11) is 0. The van der Waals surface area contributed by atoms with E-state index < -0.39 is 11.3 Å². The number of benzene rings is 2. The summed E-state index contributed by atoms with van der Waals surface area (Å²) in [6.45, 7) is 4.93. The van der Waals surface area contributed by atoms with Crippen LogP contribution in [0.25, 0.3) is 5.69 Å². The molecule has 0 bridgehead atoms. The molecule has 2 N–H and O–H groups in total. The van der Waals surface area contributed by atoms with Crippen LogP contribution in [0, 0.1) is 13.8 Å². The second-order valence-corrected chi connectivity index (χ2v) is 6.36. The molecule has 7 nitrogen and oxygen atoms in total. The number of hydrogen-bond donors (Lipinski definition) is 2. The lowest BCUT2D eigenvalue weighted by atomic mass is 10.1. The zero-order valence-corrected chi connectivity index (χ0v) is 15.8. The van der Waals surface area contributed by atoms with Gasteiger partial charge in [-0.1, -0.05) is 24.3 Å². The minimum atomic E-state index is -0.613. The van der Waals surface area contributed by atoms with E-state index >= 15 is 0 Å². The molecule has 0 unspecified atom stereocenters. The average molecular weight is 376 g/mol. The van der Waals surface area contributed by atoms with E-state index in [1.807, 2.05) is 30.3 Å². The normalized spacial score (nSPS) is 10.4. The highest BCUT2D eigenvalue weighted by atomic mass is 16.2. The van der Waals surface area contributed by atoms with Gasteiger partial charge in [-0.3, -0.25) is 14.4 Å². The molecule has 7 heteroatoms. The Kier molecular flexibility index (Phi) is 5.35. The Balaban J connectivity index is 1.96. The third-order valence-electron chi connectivity index (χ3n) is 4.22. The average Bonchev–Trinajstić information content (AvgIpc) is 2.65. The van der Waals surface area contributed by atoms with Crippen LogP contribution < -0.4 is 16.1 Å². The van der Waals surface area contributed by atoms with E-state index in [-0.39, 0.29) is 11.6 Å². The smallest absolute Gasteiger partial charge is 0.280 e. The quantitative estimate of drug-likeness (QED) is 0.732. The first-order valence-electron chi connectivity index (χ1n) is 8.72. The first kappa shape index (κ1) is 19.0. The van der Waals surface area contributed by atoms with Gasteiger partial charge in [-0.15, -0.1) is 0 Å². The van der Waals surface area contributed by atoms with Crippen LogP contribution in [-0.4, -0.2) is 21.6 Å². The molecule has 1 heterocycles. The van der Waals surface area contributed by atoms with Gasteiger partial charge >= 0.3 is 0 Å². The summed E-state index contributed by atoms with van der Waals surface area (Å²) in [5.74, 6) is -0.824. The van der Waals surface area contributed by atoms with Gasteiger partial charge in [-0.25, -0.2) is 4.68 Å². The molecule has 1 aromatic heterocycles. The summed E-state index contributed by atoms with van der Waals surface area (Å²) in [6.07, 6.45) is 0. The number of nitrogens with zero attached hydrogens (tertiary/aromatic N) is 2. The highest BCUT2D eigenvalue weighted by molar-refractivity contribution is 6.04.